The van der Waals surface area contributed by atoms with Gasteiger partial charge in [0.1, 0.15) is 5.60 Å². The third-order valence-electron chi connectivity index (χ3n) is 4.84. The summed E-state index contributed by atoms with van der Waals surface area (Å²) in [6, 6.07) is 2.32. The van der Waals surface area contributed by atoms with Crippen LogP contribution in [0, 0.1) is 0 Å². The molecule has 0 aromatic carbocycles. The Bertz CT molecular complexity index is 284. The Morgan fingerprint density at radius 3 is 2.17 bits per heavy atom. The fraction of sp³-hybridized carbons (Fsp3) is 1.00. The molecule has 3 atom stereocenters. The van der Waals surface area contributed by atoms with Gasteiger partial charge in [-0.2, -0.15) is 0 Å². The van der Waals surface area contributed by atoms with E-state index in [4.69, 9.17) is 9.16 Å². The molecule has 0 amide bonds. The minimum absolute atomic E-state index is 0.174. The van der Waals surface area contributed by atoms with Crippen molar-refractivity contribution < 1.29 is 19.4 Å². The second kappa shape index (κ2) is 12.4. The summed E-state index contributed by atoms with van der Waals surface area (Å²) in [4.78, 5) is 0. The maximum Gasteiger partial charge on any atom is 0.189 e. The molecule has 0 rings (SSSR count). The van der Waals surface area contributed by atoms with Crippen LogP contribution in [0.2, 0.25) is 18.6 Å². The van der Waals surface area contributed by atoms with Crippen molar-refractivity contribution in [3.8, 4) is 0 Å². The standard InChI is InChI=1S/C18H40O4Si/c1-6-7-8-9-10-11-14-23(5,21-4)15-12-13-22-16-18(3,20)17(2)19/h17,19-20H,6-16H2,1-5H3. The van der Waals surface area contributed by atoms with Crippen LogP contribution in [0.15, 0.2) is 0 Å². The number of ether oxygens (including phenoxy) is 1. The molecule has 3 unspecified atom stereocenters. The number of hydrogen-bond donors (Lipinski definition) is 2. The molecule has 23 heavy (non-hydrogen) atoms. The van der Waals surface area contributed by atoms with Crippen LogP contribution in [0.1, 0.15) is 65.7 Å². The van der Waals surface area contributed by atoms with Gasteiger partial charge in [0.15, 0.2) is 8.32 Å². The molecule has 0 bridgehead atoms. The Hall–Kier alpha value is 0.0569. The summed E-state index contributed by atoms with van der Waals surface area (Å²) in [6.07, 6.45) is 8.13. The minimum atomic E-state index is -1.60. The molecule has 0 saturated heterocycles. The predicted molar refractivity (Wildman–Crippen MR) is 99.4 cm³/mol. The van der Waals surface area contributed by atoms with Crippen LogP contribution in [-0.4, -0.2) is 50.6 Å². The average molecular weight is 349 g/mol. The average Bonchev–Trinajstić information content (AvgIpc) is 2.50. The summed E-state index contributed by atoms with van der Waals surface area (Å²) < 4.78 is 11.4. The van der Waals surface area contributed by atoms with E-state index >= 15 is 0 Å². The molecule has 0 aromatic heterocycles. The lowest BCUT2D eigenvalue weighted by atomic mass is 10.0. The third-order valence-corrected chi connectivity index (χ3v) is 8.65. The van der Waals surface area contributed by atoms with Crippen molar-refractivity contribution >= 4 is 8.32 Å². The Morgan fingerprint density at radius 2 is 1.61 bits per heavy atom. The van der Waals surface area contributed by atoms with Gasteiger partial charge in [-0.25, -0.2) is 0 Å². The lowest BCUT2D eigenvalue weighted by molar-refractivity contribution is -0.102. The van der Waals surface area contributed by atoms with Crippen molar-refractivity contribution in [2.75, 3.05) is 20.3 Å². The van der Waals surface area contributed by atoms with Crippen LogP contribution in [0.5, 0.6) is 0 Å². The summed E-state index contributed by atoms with van der Waals surface area (Å²) in [5.74, 6) is 0. The predicted octanol–water partition coefficient (Wildman–Crippen LogP) is 4.11. The molecule has 140 valence electrons. The number of aliphatic hydroxyl groups is 2. The van der Waals surface area contributed by atoms with Crippen molar-refractivity contribution in [1.29, 1.82) is 0 Å². The molecule has 0 fully saturated rings. The van der Waals surface area contributed by atoms with Crippen LogP contribution < -0.4 is 0 Å². The fourth-order valence-electron chi connectivity index (χ4n) is 2.56. The van der Waals surface area contributed by atoms with Gasteiger partial charge in [0.25, 0.3) is 0 Å². The molecule has 5 heteroatoms. The zero-order valence-electron chi connectivity index (χ0n) is 16.1. The lowest BCUT2D eigenvalue weighted by Crippen LogP contribution is -2.42. The smallest absolute Gasteiger partial charge is 0.189 e. The van der Waals surface area contributed by atoms with E-state index in [9.17, 15) is 10.2 Å². The highest BCUT2D eigenvalue weighted by Gasteiger charge is 2.28. The summed E-state index contributed by atoms with van der Waals surface area (Å²) in [5, 5.41) is 19.3. The van der Waals surface area contributed by atoms with Gasteiger partial charge in [-0.3, -0.25) is 0 Å². The van der Waals surface area contributed by atoms with Gasteiger partial charge < -0.3 is 19.4 Å². The highest BCUT2D eigenvalue weighted by atomic mass is 28.4. The van der Waals surface area contributed by atoms with Crippen LogP contribution >= 0.6 is 0 Å². The van der Waals surface area contributed by atoms with Gasteiger partial charge in [0.2, 0.25) is 0 Å². The molecule has 0 aliphatic heterocycles. The molecule has 0 spiro atoms. The normalized spacial score (nSPS) is 18.4. The largest absolute Gasteiger partial charge is 0.420 e. The first kappa shape index (κ1) is 23.1. The van der Waals surface area contributed by atoms with E-state index in [1.807, 2.05) is 7.11 Å². The Morgan fingerprint density at radius 1 is 1.04 bits per heavy atom. The van der Waals surface area contributed by atoms with Gasteiger partial charge in [0, 0.05) is 13.7 Å². The van der Waals surface area contributed by atoms with Crippen LogP contribution in [0.3, 0.4) is 0 Å². The summed E-state index contributed by atoms with van der Waals surface area (Å²) >= 11 is 0. The third kappa shape index (κ3) is 11.3. The molecule has 2 N–H and O–H groups in total. The van der Waals surface area contributed by atoms with E-state index in [1.54, 1.807) is 13.8 Å². The zero-order valence-corrected chi connectivity index (χ0v) is 17.1. The molecule has 4 nitrogen and oxygen atoms in total. The van der Waals surface area contributed by atoms with Crippen molar-refractivity contribution in [3.05, 3.63) is 0 Å². The highest BCUT2D eigenvalue weighted by molar-refractivity contribution is 6.72. The fourth-order valence-corrected chi connectivity index (χ4v) is 5.10. The summed E-state index contributed by atoms with van der Waals surface area (Å²) in [6.45, 7) is 8.53. The number of rotatable bonds is 15. The van der Waals surface area contributed by atoms with E-state index in [1.165, 1.54) is 44.6 Å². The first-order valence-electron chi connectivity index (χ1n) is 9.31. The quantitative estimate of drug-likeness (QED) is 0.345. The molecule has 0 aromatic rings. The van der Waals surface area contributed by atoms with Gasteiger partial charge >= 0.3 is 0 Å². The van der Waals surface area contributed by atoms with E-state index in [0.29, 0.717) is 6.61 Å². The lowest BCUT2D eigenvalue weighted by Gasteiger charge is -2.27. The molecular weight excluding hydrogens is 308 g/mol. The topological polar surface area (TPSA) is 58.9 Å². The van der Waals surface area contributed by atoms with Gasteiger partial charge in [0.05, 0.1) is 12.7 Å². The van der Waals surface area contributed by atoms with Crippen LogP contribution in [0.4, 0.5) is 0 Å². The molecule has 0 aliphatic rings. The summed E-state index contributed by atoms with van der Waals surface area (Å²) in [5.41, 5.74) is -1.17. The van der Waals surface area contributed by atoms with Crippen molar-refractivity contribution in [3.63, 3.8) is 0 Å². The SMILES string of the molecule is CCCCCCCC[Si](C)(CCCOCC(C)(O)C(C)O)OC. The molecular formula is C18H40O4Si. The molecule has 0 heterocycles. The van der Waals surface area contributed by atoms with Crippen molar-refractivity contribution in [2.45, 2.75) is 96.1 Å². The Labute approximate surface area is 144 Å². The van der Waals surface area contributed by atoms with Crippen molar-refractivity contribution in [2.24, 2.45) is 0 Å². The molecule has 0 aliphatic carbocycles. The zero-order chi connectivity index (χ0) is 17.8. The van der Waals surface area contributed by atoms with E-state index < -0.39 is 20.0 Å². The van der Waals surface area contributed by atoms with Crippen molar-refractivity contribution in [1.82, 2.24) is 0 Å². The highest BCUT2D eigenvalue weighted by Crippen LogP contribution is 2.22. The number of unbranched alkanes of at least 4 members (excludes halogenated alkanes) is 5. The van der Waals surface area contributed by atoms with Gasteiger partial charge in [-0.05, 0) is 38.9 Å². The maximum absolute atomic E-state index is 9.91. The van der Waals surface area contributed by atoms with E-state index in [-0.39, 0.29) is 6.61 Å². The minimum Gasteiger partial charge on any atom is -0.420 e. The first-order valence-corrected chi connectivity index (χ1v) is 12.1. The first-order chi connectivity index (χ1) is 10.8. The van der Waals surface area contributed by atoms with Crippen LogP contribution in [-0.2, 0) is 9.16 Å². The molecule has 0 radical (unpaired) electrons. The number of aliphatic hydroxyl groups excluding tert-OH is 1. The monoisotopic (exact) mass is 348 g/mol. The molecule has 0 saturated carbocycles. The maximum atomic E-state index is 9.91. The number of hydrogen-bond acceptors (Lipinski definition) is 4. The van der Waals surface area contributed by atoms with E-state index in [2.05, 4.69) is 13.5 Å². The van der Waals surface area contributed by atoms with E-state index in [0.717, 1.165) is 12.5 Å². The van der Waals surface area contributed by atoms with Gasteiger partial charge in [-0.1, -0.05) is 45.4 Å². The van der Waals surface area contributed by atoms with Gasteiger partial charge in [-0.15, -0.1) is 0 Å². The second-order valence-electron chi connectivity index (χ2n) is 7.36. The Kier molecular flexibility index (Phi) is 12.5. The Balaban J connectivity index is 3.82. The summed E-state index contributed by atoms with van der Waals surface area (Å²) in [7, 11) is 0.248. The van der Waals surface area contributed by atoms with Crippen LogP contribution in [0.25, 0.3) is 0 Å². The second-order valence-corrected chi connectivity index (χ2v) is 11.7.